The molecule has 2 aromatic carbocycles. The Hall–Kier alpha value is -3.35. The summed E-state index contributed by atoms with van der Waals surface area (Å²) < 4.78 is 5.49. The number of rotatable bonds is 9. The molecule has 0 bridgehead atoms. The van der Waals surface area contributed by atoms with Gasteiger partial charge in [-0.1, -0.05) is 60.2 Å². The lowest BCUT2D eigenvalue weighted by atomic mass is 9.87. The molecule has 1 aliphatic carbocycles. The molecule has 7 nitrogen and oxygen atoms in total. The Morgan fingerprint density at radius 2 is 1.59 bits per heavy atom. The highest BCUT2D eigenvalue weighted by molar-refractivity contribution is 5.92. The largest absolute Gasteiger partial charge is 0.444 e. The first-order valence-electron chi connectivity index (χ1n) is 13.2. The molecule has 0 aliphatic heterocycles. The summed E-state index contributed by atoms with van der Waals surface area (Å²) >= 11 is 0. The number of carbonyl (C=O) groups excluding carboxylic acids is 3. The van der Waals surface area contributed by atoms with Crippen LogP contribution in [-0.4, -0.2) is 46.5 Å². The van der Waals surface area contributed by atoms with Crippen LogP contribution in [0.3, 0.4) is 0 Å². The number of nitrogens with zero attached hydrogens (tertiary/aromatic N) is 1. The van der Waals surface area contributed by atoms with Gasteiger partial charge in [0.15, 0.2) is 0 Å². The first-order valence-corrected chi connectivity index (χ1v) is 13.2. The fraction of sp³-hybridized carbons (Fsp3) is 0.500. The number of hydrogen-bond donors (Lipinski definition) is 2. The Labute approximate surface area is 221 Å². The highest BCUT2D eigenvalue weighted by Crippen LogP contribution is 2.34. The Kier molecular flexibility index (Phi) is 9.35. The van der Waals surface area contributed by atoms with Gasteiger partial charge in [0.2, 0.25) is 11.8 Å². The topological polar surface area (TPSA) is 87.7 Å². The number of amides is 3. The second kappa shape index (κ2) is 12.3. The average molecular weight is 508 g/mol. The van der Waals surface area contributed by atoms with E-state index in [0.29, 0.717) is 0 Å². The number of benzene rings is 2. The third-order valence-corrected chi connectivity index (χ3v) is 6.34. The second-order valence-corrected chi connectivity index (χ2v) is 11.2. The van der Waals surface area contributed by atoms with E-state index < -0.39 is 23.8 Å². The van der Waals surface area contributed by atoms with Crippen LogP contribution in [0, 0.1) is 6.92 Å². The van der Waals surface area contributed by atoms with Crippen LogP contribution < -0.4 is 10.6 Å². The molecule has 0 radical (unpaired) electrons. The van der Waals surface area contributed by atoms with Gasteiger partial charge in [0.25, 0.3) is 0 Å². The predicted molar refractivity (Wildman–Crippen MR) is 145 cm³/mol. The summed E-state index contributed by atoms with van der Waals surface area (Å²) in [5.41, 5.74) is 2.02. The molecule has 3 rings (SSSR count). The highest BCUT2D eigenvalue weighted by Gasteiger charge is 2.42. The smallest absolute Gasteiger partial charge is 0.408 e. The lowest BCUT2D eigenvalue weighted by Gasteiger charge is -2.43. The van der Waals surface area contributed by atoms with Crippen molar-refractivity contribution in [1.29, 1.82) is 0 Å². The third kappa shape index (κ3) is 8.07. The van der Waals surface area contributed by atoms with E-state index in [1.165, 1.54) is 0 Å². The monoisotopic (exact) mass is 507 g/mol. The lowest BCUT2D eigenvalue weighted by molar-refractivity contribution is -0.147. The fourth-order valence-corrected chi connectivity index (χ4v) is 4.41. The first kappa shape index (κ1) is 28.2. The molecule has 2 atom stereocenters. The van der Waals surface area contributed by atoms with E-state index in [-0.39, 0.29) is 30.3 Å². The molecule has 2 N–H and O–H groups in total. The molecule has 0 aromatic heterocycles. The minimum absolute atomic E-state index is 0.0844. The van der Waals surface area contributed by atoms with Gasteiger partial charge in [-0.15, -0.1) is 0 Å². The van der Waals surface area contributed by atoms with Gasteiger partial charge >= 0.3 is 6.09 Å². The summed E-state index contributed by atoms with van der Waals surface area (Å²) in [6, 6.07) is 15.4. The van der Waals surface area contributed by atoms with E-state index in [4.69, 9.17) is 4.74 Å². The van der Waals surface area contributed by atoms with Crippen LogP contribution in [0.25, 0.3) is 0 Å². The normalized spacial score (nSPS) is 15.3. The molecule has 3 amide bonds. The second-order valence-electron chi connectivity index (χ2n) is 11.2. The molecule has 200 valence electrons. The van der Waals surface area contributed by atoms with Gasteiger partial charge in [0.05, 0.1) is 0 Å². The quantitative estimate of drug-likeness (QED) is 0.496. The molecule has 2 aromatic rings. The number of carbonyl (C=O) groups is 3. The molecule has 0 saturated heterocycles. The maximum absolute atomic E-state index is 14.3. The number of nitrogens with one attached hydrogen (secondary N) is 2. The van der Waals surface area contributed by atoms with Gasteiger partial charge in [-0.05, 0) is 71.9 Å². The number of ether oxygens (including phenoxy) is 1. The van der Waals surface area contributed by atoms with Crippen LogP contribution in [0.1, 0.15) is 76.6 Å². The number of alkyl carbamates (subject to hydrolysis) is 1. The Balaban J connectivity index is 2.02. The molecular weight excluding hydrogens is 466 g/mol. The van der Waals surface area contributed by atoms with Crippen molar-refractivity contribution < 1.29 is 19.1 Å². The summed E-state index contributed by atoms with van der Waals surface area (Å²) in [6.45, 7) is 11.1. The van der Waals surface area contributed by atoms with Crippen LogP contribution in [0.15, 0.2) is 54.6 Å². The van der Waals surface area contributed by atoms with E-state index in [2.05, 4.69) is 10.6 Å². The standard InChI is InChI=1S/C30H41N3O4/c1-20(2)31-27(34)26(23-17-15-21(3)16-18-23)33(24-13-10-14-24)28(35)25(19-22-11-8-7-9-12-22)32-29(36)37-30(4,5)6/h7-9,11-12,15-18,20,24-26H,10,13-14,19H2,1-6H3,(H,31,34)(H,32,36). The predicted octanol–water partition coefficient (Wildman–Crippen LogP) is 5.08. The van der Waals surface area contributed by atoms with E-state index in [0.717, 1.165) is 36.0 Å². The average Bonchev–Trinajstić information content (AvgIpc) is 2.76. The van der Waals surface area contributed by atoms with Crippen molar-refractivity contribution in [3.05, 3.63) is 71.3 Å². The lowest BCUT2D eigenvalue weighted by Crippen LogP contribution is -2.58. The van der Waals surface area contributed by atoms with Gasteiger partial charge in [0, 0.05) is 18.5 Å². The molecule has 1 saturated carbocycles. The zero-order valence-corrected chi connectivity index (χ0v) is 22.9. The maximum Gasteiger partial charge on any atom is 0.408 e. The van der Waals surface area contributed by atoms with E-state index in [9.17, 15) is 14.4 Å². The highest BCUT2D eigenvalue weighted by atomic mass is 16.6. The van der Waals surface area contributed by atoms with Crippen molar-refractivity contribution in [1.82, 2.24) is 15.5 Å². The fourth-order valence-electron chi connectivity index (χ4n) is 4.41. The van der Waals surface area contributed by atoms with E-state index in [1.807, 2.05) is 75.4 Å². The minimum atomic E-state index is -0.891. The van der Waals surface area contributed by atoms with Crippen molar-refractivity contribution in [3.63, 3.8) is 0 Å². The molecule has 37 heavy (non-hydrogen) atoms. The van der Waals surface area contributed by atoms with Gasteiger partial charge in [-0.25, -0.2) is 4.79 Å². The Bertz CT molecular complexity index is 1060. The van der Waals surface area contributed by atoms with Crippen LogP contribution in [0.5, 0.6) is 0 Å². The third-order valence-electron chi connectivity index (χ3n) is 6.34. The van der Waals surface area contributed by atoms with Crippen LogP contribution >= 0.6 is 0 Å². The van der Waals surface area contributed by atoms with Crippen molar-refractivity contribution >= 4 is 17.9 Å². The SMILES string of the molecule is Cc1ccc(C(C(=O)NC(C)C)N(C(=O)C(Cc2ccccc2)NC(=O)OC(C)(C)C)C2CCC2)cc1. The van der Waals surface area contributed by atoms with Gasteiger partial charge in [-0.2, -0.15) is 0 Å². The molecular formula is C30H41N3O4. The molecule has 7 heteroatoms. The summed E-state index contributed by atoms with van der Waals surface area (Å²) in [5.74, 6) is -0.515. The molecule has 2 unspecified atom stereocenters. The summed E-state index contributed by atoms with van der Waals surface area (Å²) in [7, 11) is 0. The Morgan fingerprint density at radius 3 is 2.11 bits per heavy atom. The molecule has 0 heterocycles. The molecule has 0 spiro atoms. The van der Waals surface area contributed by atoms with Gasteiger partial charge < -0.3 is 20.3 Å². The van der Waals surface area contributed by atoms with Crippen molar-refractivity contribution in [2.24, 2.45) is 0 Å². The summed E-state index contributed by atoms with van der Waals surface area (Å²) in [5, 5.41) is 5.83. The van der Waals surface area contributed by atoms with E-state index >= 15 is 0 Å². The Morgan fingerprint density at radius 1 is 0.973 bits per heavy atom. The van der Waals surface area contributed by atoms with Crippen LogP contribution in [0.4, 0.5) is 4.79 Å². The molecule has 1 fully saturated rings. The minimum Gasteiger partial charge on any atom is -0.444 e. The van der Waals surface area contributed by atoms with Gasteiger partial charge in [-0.3, -0.25) is 9.59 Å². The zero-order chi connectivity index (χ0) is 27.2. The van der Waals surface area contributed by atoms with Crippen LogP contribution in [0.2, 0.25) is 0 Å². The van der Waals surface area contributed by atoms with Gasteiger partial charge in [0.1, 0.15) is 17.7 Å². The maximum atomic E-state index is 14.3. The number of aryl methyl sites for hydroxylation is 1. The van der Waals surface area contributed by atoms with Crippen molar-refractivity contribution in [3.8, 4) is 0 Å². The first-order chi connectivity index (χ1) is 17.4. The van der Waals surface area contributed by atoms with Crippen molar-refractivity contribution in [2.45, 2.75) is 97.0 Å². The summed E-state index contributed by atoms with van der Waals surface area (Å²) in [4.78, 5) is 42.5. The van der Waals surface area contributed by atoms with Crippen LogP contribution in [-0.2, 0) is 20.7 Å². The summed E-state index contributed by atoms with van der Waals surface area (Å²) in [6.07, 6.45) is 2.24. The molecule has 1 aliphatic rings. The van der Waals surface area contributed by atoms with E-state index in [1.54, 1.807) is 25.7 Å². The number of hydrogen-bond acceptors (Lipinski definition) is 4. The zero-order valence-electron chi connectivity index (χ0n) is 22.9. The van der Waals surface area contributed by atoms with Crippen molar-refractivity contribution in [2.75, 3.05) is 0 Å².